The molecule has 2 fully saturated rings. The summed E-state index contributed by atoms with van der Waals surface area (Å²) in [6, 6.07) is 10.2. The van der Waals surface area contributed by atoms with Gasteiger partial charge in [0, 0.05) is 31.1 Å². The number of fused-ring (bicyclic) bond motifs is 2. The molecule has 2 aromatic heterocycles. The lowest BCUT2D eigenvalue weighted by Gasteiger charge is -2.29. The van der Waals surface area contributed by atoms with Crippen molar-refractivity contribution in [2.45, 2.75) is 31.8 Å². The second kappa shape index (κ2) is 10.7. The van der Waals surface area contributed by atoms with Crippen LogP contribution in [0.15, 0.2) is 42.7 Å². The Morgan fingerprint density at radius 1 is 1.00 bits per heavy atom. The number of amides is 1. The first-order chi connectivity index (χ1) is 18.5. The van der Waals surface area contributed by atoms with Crippen LogP contribution in [0.2, 0.25) is 0 Å². The number of nitrogens with one attached hydrogen (secondary N) is 2. The molecule has 3 aliphatic rings. The maximum Gasteiger partial charge on any atom is 0.228 e. The van der Waals surface area contributed by atoms with Gasteiger partial charge in [-0.1, -0.05) is 12.1 Å². The van der Waals surface area contributed by atoms with Crippen LogP contribution in [0.25, 0.3) is 16.5 Å². The van der Waals surface area contributed by atoms with Crippen LogP contribution in [0.4, 0.5) is 11.6 Å². The van der Waals surface area contributed by atoms with Crippen molar-refractivity contribution in [2.75, 3.05) is 57.5 Å². The van der Waals surface area contributed by atoms with Gasteiger partial charge in [-0.05, 0) is 88.3 Å². The van der Waals surface area contributed by atoms with Crippen LogP contribution in [0.3, 0.4) is 0 Å². The first-order valence-electron chi connectivity index (χ1n) is 13.6. The van der Waals surface area contributed by atoms with Gasteiger partial charge < -0.3 is 25.2 Å². The number of pyridine rings is 1. The number of carbonyl (C=O) groups is 1. The highest BCUT2D eigenvalue weighted by atomic mass is 16.5. The molecule has 1 aromatic carbocycles. The van der Waals surface area contributed by atoms with E-state index in [1.807, 2.05) is 18.2 Å². The number of rotatable bonds is 5. The number of anilines is 2. The zero-order valence-electron chi connectivity index (χ0n) is 22.1. The normalized spacial score (nSPS) is 19.5. The minimum absolute atomic E-state index is 0.0400. The van der Waals surface area contributed by atoms with Crippen molar-refractivity contribution < 1.29 is 9.53 Å². The average molecular weight is 514 g/mol. The van der Waals surface area contributed by atoms with E-state index in [1.54, 1.807) is 6.33 Å². The minimum atomic E-state index is 0.0400. The minimum Gasteiger partial charge on any atom is -0.474 e. The lowest BCUT2D eigenvalue weighted by molar-refractivity contribution is -0.121. The monoisotopic (exact) mass is 513 g/mol. The number of benzene rings is 1. The number of hydrogen-bond acceptors (Lipinski definition) is 8. The number of likely N-dealkylation sites (tertiary alicyclic amines) is 2. The van der Waals surface area contributed by atoms with Gasteiger partial charge in [0.2, 0.25) is 11.8 Å². The van der Waals surface area contributed by atoms with Crippen molar-refractivity contribution in [3.63, 3.8) is 0 Å². The number of piperidine rings is 2. The van der Waals surface area contributed by atoms with Crippen LogP contribution in [0, 0.1) is 5.92 Å². The lowest BCUT2D eigenvalue weighted by Crippen LogP contribution is -2.36. The molecule has 0 spiro atoms. The summed E-state index contributed by atoms with van der Waals surface area (Å²) in [5.41, 5.74) is 4.03. The Morgan fingerprint density at radius 2 is 1.76 bits per heavy atom. The molecular weight excluding hydrogens is 478 g/mol. The summed E-state index contributed by atoms with van der Waals surface area (Å²) >= 11 is 0. The maximum atomic E-state index is 12.8. The van der Waals surface area contributed by atoms with Crippen LogP contribution in [-0.4, -0.2) is 83.6 Å². The Labute approximate surface area is 223 Å². The van der Waals surface area contributed by atoms with Crippen LogP contribution >= 0.6 is 0 Å². The highest BCUT2D eigenvalue weighted by Gasteiger charge is 2.25. The molecule has 0 unspecified atom stereocenters. The molecule has 198 valence electrons. The fraction of sp³-hybridized carbons (Fsp3) is 0.448. The summed E-state index contributed by atoms with van der Waals surface area (Å²) in [5.74, 6) is 2.10. The van der Waals surface area contributed by atoms with Crippen molar-refractivity contribution in [3.05, 3.63) is 53.9 Å². The third kappa shape index (κ3) is 5.21. The van der Waals surface area contributed by atoms with Gasteiger partial charge in [0.05, 0.1) is 10.9 Å². The predicted octanol–water partition coefficient (Wildman–Crippen LogP) is 3.64. The zero-order valence-corrected chi connectivity index (χ0v) is 22.1. The molecule has 6 rings (SSSR count). The van der Waals surface area contributed by atoms with E-state index < -0.39 is 0 Å². The number of hydrogen-bond donors (Lipinski definition) is 2. The van der Waals surface area contributed by atoms with E-state index in [1.165, 1.54) is 0 Å². The average Bonchev–Trinajstić information content (AvgIpc) is 2.94. The van der Waals surface area contributed by atoms with Gasteiger partial charge in [0.1, 0.15) is 24.1 Å². The highest BCUT2D eigenvalue weighted by Crippen LogP contribution is 2.35. The van der Waals surface area contributed by atoms with Gasteiger partial charge in [-0.25, -0.2) is 15.0 Å². The molecule has 5 heterocycles. The largest absolute Gasteiger partial charge is 0.474 e. The summed E-state index contributed by atoms with van der Waals surface area (Å²) in [6.07, 6.45) is 7.67. The molecule has 0 radical (unpaired) electrons. The third-order valence-corrected chi connectivity index (χ3v) is 7.96. The van der Waals surface area contributed by atoms with Crippen molar-refractivity contribution in [1.29, 1.82) is 0 Å². The summed E-state index contributed by atoms with van der Waals surface area (Å²) in [7, 11) is 4.25. The lowest BCUT2D eigenvalue weighted by atomic mass is 9.94. The summed E-state index contributed by atoms with van der Waals surface area (Å²) in [6.45, 7) is 4.62. The van der Waals surface area contributed by atoms with Crippen molar-refractivity contribution in [1.82, 2.24) is 24.8 Å². The second-order valence-corrected chi connectivity index (χ2v) is 10.7. The number of aromatic nitrogens is 3. The number of nitrogens with zero attached hydrogens (tertiary/aromatic N) is 5. The molecular formula is C29H35N7O2. The number of ether oxygens (including phenoxy) is 1. The SMILES string of the molecule is CN1CCC(Oc2ncnc3ccc(C4=CCNc5nc(NC(=O)C6CCN(C)CC6)ccc54)cc23)CC1. The van der Waals surface area contributed by atoms with Crippen LogP contribution in [0.1, 0.15) is 36.8 Å². The fourth-order valence-electron chi connectivity index (χ4n) is 5.57. The van der Waals surface area contributed by atoms with E-state index in [9.17, 15) is 4.79 Å². The van der Waals surface area contributed by atoms with E-state index in [4.69, 9.17) is 9.72 Å². The van der Waals surface area contributed by atoms with Crippen molar-refractivity contribution in [3.8, 4) is 5.88 Å². The molecule has 0 saturated carbocycles. The molecule has 0 bridgehead atoms. The fourth-order valence-corrected chi connectivity index (χ4v) is 5.57. The quantitative estimate of drug-likeness (QED) is 0.534. The molecule has 0 atom stereocenters. The van der Waals surface area contributed by atoms with E-state index in [2.05, 4.69) is 62.7 Å². The molecule has 9 heteroatoms. The third-order valence-electron chi connectivity index (χ3n) is 7.96. The zero-order chi connectivity index (χ0) is 26.1. The Balaban J connectivity index is 1.23. The van der Waals surface area contributed by atoms with Crippen LogP contribution in [-0.2, 0) is 4.79 Å². The van der Waals surface area contributed by atoms with Gasteiger partial charge in [-0.15, -0.1) is 0 Å². The predicted molar refractivity (Wildman–Crippen MR) is 149 cm³/mol. The molecule has 2 N–H and O–H groups in total. The molecule has 3 aliphatic heterocycles. The maximum absolute atomic E-state index is 12.8. The van der Waals surface area contributed by atoms with Gasteiger partial charge in [-0.3, -0.25) is 4.79 Å². The summed E-state index contributed by atoms with van der Waals surface area (Å²) in [5, 5.41) is 7.33. The Kier molecular flexibility index (Phi) is 6.95. The van der Waals surface area contributed by atoms with Gasteiger partial charge >= 0.3 is 0 Å². The van der Waals surface area contributed by atoms with E-state index in [0.29, 0.717) is 18.2 Å². The smallest absolute Gasteiger partial charge is 0.228 e. The topological polar surface area (TPSA) is 95.5 Å². The number of carbonyl (C=O) groups excluding carboxylic acids is 1. The van der Waals surface area contributed by atoms with Gasteiger partial charge in [-0.2, -0.15) is 0 Å². The van der Waals surface area contributed by atoms with Crippen molar-refractivity contribution in [2.24, 2.45) is 5.92 Å². The molecule has 2 saturated heterocycles. The Morgan fingerprint density at radius 3 is 2.55 bits per heavy atom. The van der Waals surface area contributed by atoms with Crippen LogP contribution < -0.4 is 15.4 Å². The Hall–Kier alpha value is -3.56. The first kappa shape index (κ1) is 24.8. The summed E-state index contributed by atoms with van der Waals surface area (Å²) < 4.78 is 6.37. The molecule has 0 aliphatic carbocycles. The van der Waals surface area contributed by atoms with E-state index in [0.717, 1.165) is 85.3 Å². The molecule has 38 heavy (non-hydrogen) atoms. The second-order valence-electron chi connectivity index (χ2n) is 10.7. The van der Waals surface area contributed by atoms with E-state index in [-0.39, 0.29) is 17.9 Å². The molecule has 3 aromatic rings. The first-order valence-corrected chi connectivity index (χ1v) is 13.6. The van der Waals surface area contributed by atoms with Crippen molar-refractivity contribution >= 4 is 34.0 Å². The molecule has 1 amide bonds. The van der Waals surface area contributed by atoms with E-state index >= 15 is 0 Å². The Bertz CT molecular complexity index is 1360. The van der Waals surface area contributed by atoms with Gasteiger partial charge in [0.25, 0.3) is 0 Å². The standard InChI is InChI=1S/C29H35N7O2/c1-35-13-8-19(9-14-35)28(37)34-26-6-4-23-22(7-12-30-27(23)33-26)20-3-5-25-24(17-20)29(32-18-31-25)38-21-10-15-36(2)16-11-21/h3-7,17-19,21H,8-16H2,1-2H3,(H2,30,33,34,37). The molecule has 9 nitrogen and oxygen atoms in total. The van der Waals surface area contributed by atoms with Gasteiger partial charge in [0.15, 0.2) is 0 Å². The van der Waals surface area contributed by atoms with Crippen LogP contribution in [0.5, 0.6) is 5.88 Å². The summed E-state index contributed by atoms with van der Waals surface area (Å²) in [4.78, 5) is 31.1. The highest BCUT2D eigenvalue weighted by molar-refractivity contribution is 5.95.